The van der Waals surface area contributed by atoms with Crippen LogP contribution >= 0.6 is 11.6 Å². The first kappa shape index (κ1) is 78.8. The second kappa shape index (κ2) is 35.8. The molecule has 2 fully saturated rings. The van der Waals surface area contributed by atoms with E-state index in [1.54, 1.807) is 34.6 Å². The third kappa shape index (κ3) is 21.2. The van der Waals surface area contributed by atoms with Gasteiger partial charge in [0, 0.05) is 43.3 Å². The van der Waals surface area contributed by atoms with Crippen molar-refractivity contribution in [1.82, 2.24) is 52.8 Å². The topological polar surface area (TPSA) is 482 Å². The number of amides is 11. The second-order valence-electron chi connectivity index (χ2n) is 25.6. The van der Waals surface area contributed by atoms with Gasteiger partial charge in [0.15, 0.2) is 5.72 Å². The Hall–Kier alpha value is -7.61. The summed E-state index contributed by atoms with van der Waals surface area (Å²) >= 11 is 6.67. The average Bonchev–Trinajstić information content (AvgIpc) is 1.07. The third-order valence-corrected chi connectivity index (χ3v) is 16.9. The van der Waals surface area contributed by atoms with Crippen molar-refractivity contribution < 1.29 is 91.9 Å². The minimum Gasteiger partial charge on any atom is -0.442 e. The summed E-state index contributed by atoms with van der Waals surface area (Å²) in [5, 5.41) is 55.8. The molecule has 0 radical (unpaired) electrons. The highest BCUT2D eigenvalue weighted by Gasteiger charge is 2.60. The number of esters is 1. The molecule has 0 bridgehead atoms. The number of primary amides is 2. The van der Waals surface area contributed by atoms with Gasteiger partial charge in [0.2, 0.25) is 82.1 Å². The zero-order valence-corrected chi connectivity index (χ0v) is 56.0. The Balaban J connectivity index is 1.89. The molecule has 2 unspecified atom stereocenters. The lowest BCUT2D eigenvalue weighted by atomic mass is 9.74. The van der Waals surface area contributed by atoms with E-state index in [-0.39, 0.29) is 81.1 Å². The van der Waals surface area contributed by atoms with Crippen LogP contribution in [-0.2, 0) is 76.6 Å². The van der Waals surface area contributed by atoms with E-state index in [0.717, 1.165) is 40.0 Å². The number of fused-ring (bicyclic) bond motifs is 1. The number of nitrogens with one attached hydrogen (secondary N) is 9. The summed E-state index contributed by atoms with van der Waals surface area (Å²) in [6.07, 6.45) is -2.33. The number of hydrogen-bond donors (Lipinski definition) is 14. The van der Waals surface area contributed by atoms with Crippen molar-refractivity contribution in [2.75, 3.05) is 13.2 Å². The maximum Gasteiger partial charge on any atom is 0.307 e. The fourth-order valence-electron chi connectivity index (χ4n) is 11.4. The van der Waals surface area contributed by atoms with Gasteiger partial charge in [-0.2, -0.15) is 0 Å². The zero-order chi connectivity index (χ0) is 70.7. The molecule has 31 nitrogen and oxygen atoms in total. The Labute approximate surface area is 551 Å². The number of carbonyl (C=O) groups excluding carboxylic acids is 14. The number of hydrogen-bond acceptors (Lipinski definition) is 20. The number of unbranched alkanes of at least 4 members (excludes halogenated alkanes) is 4. The largest absolute Gasteiger partial charge is 0.442 e. The van der Waals surface area contributed by atoms with E-state index in [1.165, 1.54) is 18.0 Å². The lowest BCUT2D eigenvalue weighted by Crippen LogP contribution is -2.62. The van der Waals surface area contributed by atoms with E-state index in [1.807, 2.05) is 6.92 Å². The summed E-state index contributed by atoms with van der Waals surface area (Å²) < 4.78 is 11.7. The number of nitrogens with zero attached hydrogens (tertiary/aromatic N) is 1. The quantitative estimate of drug-likeness (QED) is 0.0297. The minimum atomic E-state index is -2.42. The van der Waals surface area contributed by atoms with Gasteiger partial charge < -0.3 is 89.0 Å². The second-order valence-corrected chi connectivity index (χ2v) is 26.0. The molecule has 0 aromatic carbocycles. The summed E-state index contributed by atoms with van der Waals surface area (Å²) in [7, 11) is 0. The normalized spacial score (nSPS) is 29.1. The number of halogens is 1. The van der Waals surface area contributed by atoms with Crippen molar-refractivity contribution in [2.45, 2.75) is 256 Å². The van der Waals surface area contributed by atoms with Crippen LogP contribution in [0.4, 0.5) is 0 Å². The van der Waals surface area contributed by atoms with Gasteiger partial charge in [0.05, 0.1) is 30.1 Å². The first-order chi connectivity index (χ1) is 44.0. The average molecular weight is 1350 g/mol. The molecule has 526 valence electrons. The lowest BCUT2D eigenvalue weighted by molar-refractivity contribution is -0.174. The Kier molecular flexibility index (Phi) is 30.0. The smallest absolute Gasteiger partial charge is 0.307 e. The molecule has 11 amide bonds. The zero-order valence-electron chi connectivity index (χ0n) is 55.2. The molecule has 4 aliphatic rings. The van der Waals surface area contributed by atoms with E-state index in [2.05, 4.69) is 47.9 Å². The molecule has 4 rings (SSSR count). The third-order valence-electron chi connectivity index (χ3n) is 16.5. The Morgan fingerprint density at radius 3 is 1.52 bits per heavy atom. The van der Waals surface area contributed by atoms with Gasteiger partial charge in [-0.1, -0.05) is 85.2 Å². The van der Waals surface area contributed by atoms with Gasteiger partial charge in [-0.05, 0) is 84.5 Å². The summed E-state index contributed by atoms with van der Waals surface area (Å²) in [4.78, 5) is 196. The van der Waals surface area contributed by atoms with Crippen LogP contribution in [0.15, 0.2) is 22.4 Å². The van der Waals surface area contributed by atoms with Crippen LogP contribution in [0, 0.1) is 11.8 Å². The summed E-state index contributed by atoms with van der Waals surface area (Å²) in [5.74, 6) is -15.8. The van der Waals surface area contributed by atoms with Gasteiger partial charge in [-0.25, -0.2) is 0 Å². The number of aliphatic hydroxyl groups is 3. The fourth-order valence-corrected chi connectivity index (χ4v) is 11.8. The molecule has 32 heteroatoms. The molecule has 14 atom stereocenters. The molecule has 16 N–H and O–H groups in total. The maximum atomic E-state index is 15.0. The number of ether oxygens (including phenoxy) is 2. The number of carbonyl (C=O) groups is 14. The van der Waals surface area contributed by atoms with Gasteiger partial charge >= 0.3 is 5.97 Å². The predicted molar refractivity (Wildman–Crippen MR) is 337 cm³/mol. The predicted octanol–water partition coefficient (Wildman–Crippen LogP) is -2.06. The Morgan fingerprint density at radius 1 is 0.606 bits per heavy atom. The van der Waals surface area contributed by atoms with Crippen LogP contribution in [-0.4, -0.2) is 200 Å². The monoisotopic (exact) mass is 1350 g/mol. The highest BCUT2D eigenvalue weighted by molar-refractivity contribution is 6.49. The molecule has 3 heterocycles. The van der Waals surface area contributed by atoms with Crippen molar-refractivity contribution in [2.24, 2.45) is 23.3 Å². The van der Waals surface area contributed by atoms with Gasteiger partial charge in [0.25, 0.3) is 0 Å². The van der Waals surface area contributed by atoms with Crippen molar-refractivity contribution in [3.8, 4) is 0 Å². The molecule has 0 aromatic heterocycles. The van der Waals surface area contributed by atoms with Crippen LogP contribution in [0.3, 0.4) is 0 Å². The van der Waals surface area contributed by atoms with Crippen LogP contribution in [0.1, 0.15) is 172 Å². The summed E-state index contributed by atoms with van der Waals surface area (Å²) in [6.45, 7) is 14.9. The summed E-state index contributed by atoms with van der Waals surface area (Å²) in [6, 6.07) is -15.3. The molecule has 2 saturated heterocycles. The van der Waals surface area contributed by atoms with Crippen LogP contribution < -0.4 is 59.3 Å². The Bertz CT molecular complexity index is 2900. The lowest BCUT2D eigenvalue weighted by Gasteiger charge is -2.49. The number of Topliss-reactive ketones (excluding diaryl/α,β-unsaturated/α-hetero) is 2. The van der Waals surface area contributed by atoms with Crippen LogP contribution in [0.2, 0.25) is 0 Å². The highest BCUT2D eigenvalue weighted by atomic mass is 35.5. The maximum absolute atomic E-state index is 15.0. The highest BCUT2D eigenvalue weighted by Crippen LogP contribution is 2.48. The molecular formula is C62H97ClN12O19. The molecule has 0 aromatic rings. The Morgan fingerprint density at radius 2 is 1.04 bits per heavy atom. The SMILES string of the molecule is CCCCCCC[C@@H]1NC(=O)[C@@H](CC(C)C)NC(=O)[C@H](C(C)O)NC(=O)[C@@H](CC(C)C)NC(=O)[C@@H](CC(N)=O)NC(=O)[C@H](CC(N)=O)NC(=O)[C@H](C)NC(=O)[C@H](C(C)O)NC(=O)[C@H](CCCN2C=C3C(=O)[C@](C)(OC(=O)CCC)C(=O)C(Cl)=C3[C@H](O)[C@@]23CCCO3)NC1=O. The van der Waals surface area contributed by atoms with Gasteiger partial charge in [0.1, 0.15) is 60.5 Å². The minimum absolute atomic E-state index is 0.0334. The van der Waals surface area contributed by atoms with E-state index in [9.17, 15) is 82.4 Å². The van der Waals surface area contributed by atoms with Crippen molar-refractivity contribution >= 4 is 94.1 Å². The number of rotatable bonds is 23. The van der Waals surface area contributed by atoms with E-state index < -0.39 is 184 Å². The van der Waals surface area contributed by atoms with E-state index in [4.69, 9.17) is 32.5 Å². The fraction of sp³-hybridized carbons (Fsp3) is 0.710. The van der Waals surface area contributed by atoms with Crippen molar-refractivity contribution in [1.29, 1.82) is 0 Å². The standard InChI is InChI=1S/C62H97ClN12O19/c1-11-13-14-15-16-20-36-53(85)67-37(21-17-23-75-29-35-45(50(82)62(75)22-18-24-93-62)46(63)51(83)61(10,49(35)81)94-44(80)19-12-2)54(86)73-47(33(8)76)59(91)66-32(7)52(84)69-40(27-42(64)78)56(88)71-41(28-43(65)79)57(89)70-39(26-31(5)6)58(90)74-48(34(9)77)60(92)72-38(25-30(3)4)55(87)68-36/h29-34,36-41,47-48,50,76-77,82H,11-28H2,1-10H3,(H2,64,78)(H2,65,79)(H,66,91)(H,67,85)(H,68,87)(H,69,84)(H,70,89)(H,71,88)(H,72,92)(H,73,86)(H,74,90)/t32-,33?,34?,36-,37-,38+,39+,40-,41+,47-,48-,50-,61-,62-/m0/s1. The van der Waals surface area contributed by atoms with Crippen LogP contribution in [0.25, 0.3) is 0 Å². The van der Waals surface area contributed by atoms with Gasteiger partial charge in [-0.3, -0.25) is 67.1 Å². The van der Waals surface area contributed by atoms with E-state index in [0.29, 0.717) is 25.7 Å². The molecule has 3 aliphatic heterocycles. The van der Waals surface area contributed by atoms with E-state index >= 15 is 0 Å². The van der Waals surface area contributed by atoms with Crippen molar-refractivity contribution in [3.05, 3.63) is 22.4 Å². The van der Waals surface area contributed by atoms with Gasteiger partial charge in [-0.15, -0.1) is 0 Å². The number of ketones is 2. The molecule has 94 heavy (non-hydrogen) atoms. The van der Waals surface area contributed by atoms with Crippen molar-refractivity contribution in [3.63, 3.8) is 0 Å². The number of nitrogens with two attached hydrogens (primary N) is 2. The molecular weight excluding hydrogens is 1250 g/mol. The molecule has 1 aliphatic carbocycles. The molecule has 0 saturated carbocycles. The van der Waals surface area contributed by atoms with Crippen LogP contribution in [0.5, 0.6) is 0 Å². The summed E-state index contributed by atoms with van der Waals surface area (Å²) in [5.41, 5.74) is 6.33. The molecule has 1 spiro atoms. The first-order valence-corrected chi connectivity index (χ1v) is 32.6. The number of aliphatic hydroxyl groups excluding tert-OH is 3. The first-order valence-electron chi connectivity index (χ1n) is 32.2.